The van der Waals surface area contributed by atoms with Gasteiger partial charge in [0.05, 0.1) is 13.2 Å². The Morgan fingerprint density at radius 1 is 0.707 bits per heavy atom. The molecule has 2 aliphatic heterocycles. The normalized spacial score (nSPS) is 33.5. The first-order valence-corrected chi connectivity index (χ1v) is 15.2. The Kier molecular flexibility index (Phi) is 24.8. The maximum atomic E-state index is 10.2. The Labute approximate surface area is 246 Å². The van der Waals surface area contributed by atoms with Crippen LogP contribution in [0.15, 0.2) is 12.7 Å². The lowest BCUT2D eigenvalue weighted by Crippen LogP contribution is -2.61. The quantitative estimate of drug-likeness (QED) is 0.0728. The number of hydrogen-bond acceptors (Lipinski definition) is 13. The predicted molar refractivity (Wildman–Crippen MR) is 153 cm³/mol. The molecule has 0 saturated carbocycles. The van der Waals surface area contributed by atoms with E-state index in [2.05, 4.69) is 27.4 Å². The summed E-state index contributed by atoms with van der Waals surface area (Å²) in [5.41, 5.74) is 0. The van der Waals surface area contributed by atoms with Crippen LogP contribution in [-0.4, -0.2) is 130 Å². The minimum Gasteiger partial charge on any atom is -0.387 e. The van der Waals surface area contributed by atoms with Crippen molar-refractivity contribution in [2.24, 2.45) is 0 Å². The van der Waals surface area contributed by atoms with E-state index in [0.717, 1.165) is 19.3 Å². The van der Waals surface area contributed by atoms with Crippen LogP contribution in [0.2, 0.25) is 0 Å². The number of ether oxygens (including phenoxy) is 5. The molecule has 2 aliphatic rings. The Morgan fingerprint density at radius 3 is 1.83 bits per heavy atom. The van der Waals surface area contributed by atoms with E-state index in [1.54, 1.807) is 7.11 Å². The predicted octanol–water partition coefficient (Wildman–Crippen LogP) is 0.748. The van der Waals surface area contributed by atoms with Crippen LogP contribution in [0, 0.1) is 0 Å². The molecule has 0 aromatic rings. The van der Waals surface area contributed by atoms with E-state index in [-0.39, 0.29) is 22.2 Å². The van der Waals surface area contributed by atoms with Gasteiger partial charge in [0.25, 0.3) is 0 Å². The third-order valence-corrected chi connectivity index (χ3v) is 6.45. The maximum Gasteiger partial charge on any atom is 0.187 e. The number of aliphatic hydroxyl groups excluding tert-OH is 6. The molecule has 0 spiro atoms. The second-order valence-electron chi connectivity index (χ2n) is 9.80. The molecule has 2 rings (SSSR count). The van der Waals surface area contributed by atoms with Crippen LogP contribution in [0.5, 0.6) is 0 Å². The molecule has 0 radical (unpaired) electrons. The van der Waals surface area contributed by atoms with E-state index in [1.807, 2.05) is 0 Å². The standard InChI is InChI=1S/C19H34O11.C5H13O2P.C3H8/c1-3-10-12(20)14(22)17(25)19(29-10)28-9-11-13(21)15(23)16(24)18(30-11)27-8-6-4-5-7-26-2;1-2-3-4-5-7-8-6;1-3-2/h3,10-25H,1,4-9H2,2H3;6,8H,2-5H2,1H3;3H2,1-2H3. The molecule has 11 atom stereocenters. The van der Waals surface area contributed by atoms with Crippen molar-refractivity contribution in [3.63, 3.8) is 0 Å². The summed E-state index contributed by atoms with van der Waals surface area (Å²) in [6.07, 6.45) is -5.06. The fraction of sp³-hybridized carbons (Fsp3) is 0.926. The lowest BCUT2D eigenvalue weighted by Gasteiger charge is -2.42. The summed E-state index contributed by atoms with van der Waals surface area (Å²) in [6, 6.07) is 0. The first-order valence-electron chi connectivity index (χ1n) is 14.4. The van der Waals surface area contributed by atoms with Gasteiger partial charge in [-0.2, -0.15) is 0 Å². The van der Waals surface area contributed by atoms with E-state index in [4.69, 9.17) is 33.1 Å². The van der Waals surface area contributed by atoms with Crippen molar-refractivity contribution < 1.29 is 63.7 Å². The minimum atomic E-state index is -1.55. The zero-order valence-electron chi connectivity index (χ0n) is 24.9. The van der Waals surface area contributed by atoms with Gasteiger partial charge in [0.15, 0.2) is 21.6 Å². The number of unbranched alkanes of at least 4 members (excludes halogenated alkanes) is 4. The van der Waals surface area contributed by atoms with Crippen LogP contribution in [0.4, 0.5) is 0 Å². The topological polar surface area (TPSA) is 197 Å². The van der Waals surface area contributed by atoms with Gasteiger partial charge in [0.2, 0.25) is 0 Å². The molecular weight excluding hydrogens is 563 g/mol. The Bertz CT molecular complexity index is 614. The molecule has 41 heavy (non-hydrogen) atoms. The SMILES string of the molecule is C=CC1OC(OCC2OC(OCCCCCOC)C(O)C(O)C2O)C(O)C(O)C1O.CCC.CCCCCOPO. The average molecular weight is 619 g/mol. The van der Waals surface area contributed by atoms with Crippen LogP contribution < -0.4 is 0 Å². The molecule has 2 fully saturated rings. The molecule has 0 amide bonds. The van der Waals surface area contributed by atoms with E-state index >= 15 is 0 Å². The summed E-state index contributed by atoms with van der Waals surface area (Å²) in [4.78, 5) is 8.17. The first kappa shape index (κ1) is 40.6. The van der Waals surface area contributed by atoms with Crippen LogP contribution in [0.1, 0.15) is 65.7 Å². The number of rotatable bonds is 16. The zero-order chi connectivity index (χ0) is 31.2. The van der Waals surface area contributed by atoms with Gasteiger partial charge >= 0.3 is 0 Å². The van der Waals surface area contributed by atoms with Gasteiger partial charge in [0.1, 0.15) is 48.8 Å². The first-order chi connectivity index (χ1) is 19.6. The van der Waals surface area contributed by atoms with Crippen molar-refractivity contribution >= 4 is 9.03 Å². The Balaban J connectivity index is 0.00000123. The van der Waals surface area contributed by atoms with Gasteiger partial charge in [0, 0.05) is 20.3 Å². The molecule has 246 valence electrons. The van der Waals surface area contributed by atoms with Crippen molar-refractivity contribution in [1.82, 2.24) is 0 Å². The van der Waals surface area contributed by atoms with Crippen molar-refractivity contribution in [2.45, 2.75) is 127 Å². The Morgan fingerprint density at radius 2 is 1.27 bits per heavy atom. The van der Waals surface area contributed by atoms with Crippen LogP contribution in [0.3, 0.4) is 0 Å². The largest absolute Gasteiger partial charge is 0.387 e. The highest BCUT2D eigenvalue weighted by atomic mass is 31.1. The van der Waals surface area contributed by atoms with Crippen molar-refractivity contribution in [3.05, 3.63) is 12.7 Å². The third-order valence-electron chi connectivity index (χ3n) is 6.12. The molecule has 14 heteroatoms. The summed E-state index contributed by atoms with van der Waals surface area (Å²) in [7, 11) is 1.29. The summed E-state index contributed by atoms with van der Waals surface area (Å²) in [6.45, 7) is 11.2. The van der Waals surface area contributed by atoms with Crippen molar-refractivity contribution in [3.8, 4) is 0 Å². The molecular formula is C27H55O13P. The number of hydrogen-bond donors (Lipinski definition) is 7. The molecule has 7 N–H and O–H groups in total. The number of methoxy groups -OCH3 is 1. The molecule has 0 aliphatic carbocycles. The molecule has 13 nitrogen and oxygen atoms in total. The smallest absolute Gasteiger partial charge is 0.187 e. The van der Waals surface area contributed by atoms with Crippen LogP contribution in [-0.2, 0) is 28.2 Å². The van der Waals surface area contributed by atoms with E-state index in [0.29, 0.717) is 19.6 Å². The molecule has 0 aromatic carbocycles. The van der Waals surface area contributed by atoms with Gasteiger partial charge in [-0.1, -0.05) is 46.1 Å². The fourth-order valence-electron chi connectivity index (χ4n) is 3.78. The van der Waals surface area contributed by atoms with Gasteiger partial charge in [-0.15, -0.1) is 6.58 Å². The van der Waals surface area contributed by atoms with E-state index in [9.17, 15) is 30.6 Å². The molecule has 0 bridgehead atoms. The average Bonchev–Trinajstić information content (AvgIpc) is 2.97. The summed E-state index contributed by atoms with van der Waals surface area (Å²) < 4.78 is 31.5. The van der Waals surface area contributed by atoms with Gasteiger partial charge in [-0.05, 0) is 25.7 Å². The summed E-state index contributed by atoms with van der Waals surface area (Å²) >= 11 is 0. The highest BCUT2D eigenvalue weighted by molar-refractivity contribution is 7.24. The van der Waals surface area contributed by atoms with Gasteiger partial charge < -0.3 is 63.7 Å². The van der Waals surface area contributed by atoms with Crippen LogP contribution >= 0.6 is 9.03 Å². The lowest BCUT2D eigenvalue weighted by atomic mass is 9.98. The summed E-state index contributed by atoms with van der Waals surface area (Å²) in [5.74, 6) is 0. The second kappa shape index (κ2) is 25.0. The monoisotopic (exact) mass is 618 g/mol. The van der Waals surface area contributed by atoms with Crippen LogP contribution in [0.25, 0.3) is 0 Å². The third kappa shape index (κ3) is 15.8. The second-order valence-corrected chi connectivity index (χ2v) is 10.3. The summed E-state index contributed by atoms with van der Waals surface area (Å²) in [5, 5.41) is 60.2. The van der Waals surface area contributed by atoms with Gasteiger partial charge in [-0.3, -0.25) is 0 Å². The van der Waals surface area contributed by atoms with E-state index < -0.39 is 61.4 Å². The maximum absolute atomic E-state index is 10.2. The lowest BCUT2D eigenvalue weighted by molar-refractivity contribution is -0.326. The molecule has 0 aromatic heterocycles. The highest BCUT2D eigenvalue weighted by Gasteiger charge is 2.47. The van der Waals surface area contributed by atoms with Gasteiger partial charge in [-0.25, -0.2) is 0 Å². The molecule has 2 saturated heterocycles. The molecule has 2 heterocycles. The Hall–Kier alpha value is -0.350. The number of aliphatic hydroxyl groups is 6. The highest BCUT2D eigenvalue weighted by Crippen LogP contribution is 2.26. The zero-order valence-corrected chi connectivity index (χ0v) is 25.9. The molecule has 11 unspecified atom stereocenters. The van der Waals surface area contributed by atoms with E-state index in [1.165, 1.54) is 25.3 Å². The minimum absolute atomic E-state index is 0.275. The van der Waals surface area contributed by atoms with Crippen molar-refractivity contribution in [2.75, 3.05) is 33.5 Å². The fourth-order valence-corrected chi connectivity index (χ4v) is 4.02. The van der Waals surface area contributed by atoms with Crippen molar-refractivity contribution in [1.29, 1.82) is 0 Å².